The Kier molecular flexibility index (Phi) is 5.97. The van der Waals surface area contributed by atoms with Crippen LogP contribution < -0.4 is 0 Å². The number of nitriles is 1. The van der Waals surface area contributed by atoms with Gasteiger partial charge in [-0.15, -0.1) is 0 Å². The maximum atomic E-state index is 12.8. The van der Waals surface area contributed by atoms with Gasteiger partial charge in [0.2, 0.25) is 15.9 Å². The molecule has 7 heteroatoms. The molecule has 0 bridgehead atoms. The van der Waals surface area contributed by atoms with Crippen molar-refractivity contribution in [3.8, 4) is 6.07 Å². The van der Waals surface area contributed by atoms with Crippen LogP contribution in [0, 0.1) is 17.2 Å². The third-order valence-electron chi connectivity index (χ3n) is 4.02. The van der Waals surface area contributed by atoms with Crippen LogP contribution >= 0.6 is 0 Å². The first kappa shape index (κ1) is 18.4. The van der Waals surface area contributed by atoms with Crippen molar-refractivity contribution < 1.29 is 13.2 Å². The summed E-state index contributed by atoms with van der Waals surface area (Å²) in [7, 11) is -3.73. The van der Waals surface area contributed by atoms with Gasteiger partial charge < -0.3 is 4.90 Å². The molecule has 24 heavy (non-hydrogen) atoms. The quantitative estimate of drug-likeness (QED) is 0.830. The maximum Gasteiger partial charge on any atom is 0.244 e. The molecule has 130 valence electrons. The van der Waals surface area contributed by atoms with E-state index in [1.165, 1.54) is 16.4 Å². The van der Waals surface area contributed by atoms with Crippen molar-refractivity contribution in [1.82, 2.24) is 9.21 Å². The second kappa shape index (κ2) is 7.77. The normalized spacial score (nSPS) is 16.7. The summed E-state index contributed by atoms with van der Waals surface area (Å²) in [5.74, 6) is 0.352. The average Bonchev–Trinajstić information content (AvgIpc) is 2.80. The van der Waals surface area contributed by atoms with Gasteiger partial charge in [0.1, 0.15) is 6.07 Å². The van der Waals surface area contributed by atoms with Crippen LogP contribution in [0.15, 0.2) is 29.2 Å². The third kappa shape index (κ3) is 4.13. The molecule has 2 rings (SSSR count). The number of benzene rings is 1. The Morgan fingerprint density at radius 3 is 2.58 bits per heavy atom. The van der Waals surface area contributed by atoms with Crippen LogP contribution in [0.3, 0.4) is 0 Å². The largest absolute Gasteiger partial charge is 0.341 e. The summed E-state index contributed by atoms with van der Waals surface area (Å²) in [6.07, 6.45) is 1.07. The van der Waals surface area contributed by atoms with Crippen LogP contribution in [-0.2, 0) is 14.8 Å². The number of nitrogens with zero attached hydrogens (tertiary/aromatic N) is 3. The van der Waals surface area contributed by atoms with Crippen LogP contribution in [0.4, 0.5) is 0 Å². The molecule has 6 nitrogen and oxygen atoms in total. The molecule has 0 radical (unpaired) electrons. The van der Waals surface area contributed by atoms with E-state index in [-0.39, 0.29) is 28.8 Å². The second-order valence-electron chi connectivity index (χ2n) is 6.34. The number of carbonyl (C=O) groups excluding carboxylic acids is 1. The van der Waals surface area contributed by atoms with Gasteiger partial charge in [0.05, 0.1) is 10.5 Å². The number of amides is 1. The number of rotatable bonds is 4. The van der Waals surface area contributed by atoms with Crippen LogP contribution in [-0.4, -0.2) is 49.7 Å². The molecule has 1 aliphatic heterocycles. The first-order valence-corrected chi connectivity index (χ1v) is 9.57. The highest BCUT2D eigenvalue weighted by atomic mass is 32.2. The number of carbonyl (C=O) groups is 1. The number of hydrogen-bond acceptors (Lipinski definition) is 4. The van der Waals surface area contributed by atoms with Gasteiger partial charge in [-0.25, -0.2) is 8.42 Å². The molecular weight excluding hydrogens is 326 g/mol. The number of sulfonamides is 1. The summed E-state index contributed by atoms with van der Waals surface area (Å²) in [5.41, 5.74) is 0.148. The molecule has 0 aliphatic carbocycles. The van der Waals surface area contributed by atoms with E-state index in [0.29, 0.717) is 32.5 Å². The Bertz CT molecular complexity index is 738. The molecule has 0 spiro atoms. The van der Waals surface area contributed by atoms with Crippen molar-refractivity contribution in [2.45, 2.75) is 31.6 Å². The van der Waals surface area contributed by atoms with Gasteiger partial charge in [-0.2, -0.15) is 9.57 Å². The second-order valence-corrected chi connectivity index (χ2v) is 8.25. The van der Waals surface area contributed by atoms with Gasteiger partial charge in [0.15, 0.2) is 0 Å². The molecule has 1 heterocycles. The van der Waals surface area contributed by atoms with Crippen LogP contribution in [0.25, 0.3) is 0 Å². The zero-order valence-corrected chi connectivity index (χ0v) is 14.9. The van der Waals surface area contributed by atoms with Crippen LogP contribution in [0.1, 0.15) is 32.3 Å². The van der Waals surface area contributed by atoms with Crippen molar-refractivity contribution >= 4 is 15.9 Å². The highest BCUT2D eigenvalue weighted by Crippen LogP contribution is 2.21. The zero-order chi connectivity index (χ0) is 17.7. The van der Waals surface area contributed by atoms with E-state index in [9.17, 15) is 13.2 Å². The predicted molar refractivity (Wildman–Crippen MR) is 90.6 cm³/mol. The van der Waals surface area contributed by atoms with Gasteiger partial charge in [0, 0.05) is 32.6 Å². The SMILES string of the molecule is CC(C)CC(=O)N1CCCN(S(=O)(=O)c2ccccc2C#N)CC1. The Hall–Kier alpha value is -1.91. The lowest BCUT2D eigenvalue weighted by molar-refractivity contribution is -0.131. The maximum absolute atomic E-state index is 12.8. The van der Waals surface area contributed by atoms with E-state index in [2.05, 4.69) is 0 Å². The molecule has 0 saturated carbocycles. The summed E-state index contributed by atoms with van der Waals surface area (Å²) >= 11 is 0. The predicted octanol–water partition coefficient (Wildman–Crippen LogP) is 1.83. The molecule has 1 saturated heterocycles. The fourth-order valence-corrected chi connectivity index (χ4v) is 4.40. The van der Waals surface area contributed by atoms with Gasteiger partial charge in [-0.3, -0.25) is 4.79 Å². The van der Waals surface area contributed by atoms with Gasteiger partial charge in [-0.05, 0) is 24.5 Å². The van der Waals surface area contributed by atoms with Gasteiger partial charge in [-0.1, -0.05) is 26.0 Å². The van der Waals surface area contributed by atoms with E-state index in [4.69, 9.17) is 5.26 Å². The Morgan fingerprint density at radius 1 is 1.21 bits per heavy atom. The van der Waals surface area contributed by atoms with Crippen molar-refractivity contribution in [3.63, 3.8) is 0 Å². The Morgan fingerprint density at radius 2 is 1.92 bits per heavy atom. The number of hydrogen-bond donors (Lipinski definition) is 0. The monoisotopic (exact) mass is 349 g/mol. The Balaban J connectivity index is 2.16. The first-order chi connectivity index (χ1) is 11.4. The molecule has 0 unspecified atom stereocenters. The lowest BCUT2D eigenvalue weighted by Gasteiger charge is -2.23. The third-order valence-corrected chi connectivity index (χ3v) is 5.97. The molecular formula is C17H23N3O3S. The fraction of sp³-hybridized carbons (Fsp3) is 0.529. The minimum Gasteiger partial charge on any atom is -0.341 e. The molecule has 1 fully saturated rings. The summed E-state index contributed by atoms with van der Waals surface area (Å²) in [6.45, 7) is 5.55. The summed E-state index contributed by atoms with van der Waals surface area (Å²) in [5, 5.41) is 9.15. The molecule has 0 aromatic heterocycles. The lowest BCUT2D eigenvalue weighted by atomic mass is 10.1. The highest BCUT2D eigenvalue weighted by Gasteiger charge is 2.29. The topological polar surface area (TPSA) is 81.5 Å². The zero-order valence-electron chi connectivity index (χ0n) is 14.1. The smallest absolute Gasteiger partial charge is 0.244 e. The average molecular weight is 349 g/mol. The van der Waals surface area contributed by atoms with E-state index in [1.807, 2.05) is 19.9 Å². The minimum atomic E-state index is -3.73. The van der Waals surface area contributed by atoms with Gasteiger partial charge >= 0.3 is 0 Å². The standard InChI is InChI=1S/C17H23N3O3S/c1-14(2)12-17(21)19-8-5-9-20(11-10-19)24(22,23)16-7-4-3-6-15(16)13-18/h3-4,6-7,14H,5,8-12H2,1-2H3. The minimum absolute atomic E-state index is 0.0365. The van der Waals surface area contributed by atoms with E-state index >= 15 is 0 Å². The highest BCUT2D eigenvalue weighted by molar-refractivity contribution is 7.89. The van der Waals surface area contributed by atoms with Crippen molar-refractivity contribution in [2.24, 2.45) is 5.92 Å². The molecule has 1 aromatic carbocycles. The van der Waals surface area contributed by atoms with E-state index < -0.39 is 10.0 Å². The molecule has 0 atom stereocenters. The molecule has 0 N–H and O–H groups in total. The molecule has 1 aliphatic rings. The summed E-state index contributed by atoms with van der Waals surface area (Å²) in [6, 6.07) is 8.16. The fourth-order valence-electron chi connectivity index (χ4n) is 2.78. The van der Waals surface area contributed by atoms with E-state index in [0.717, 1.165) is 0 Å². The molecule has 1 aromatic rings. The molecule has 1 amide bonds. The van der Waals surface area contributed by atoms with Crippen LogP contribution in [0.2, 0.25) is 0 Å². The van der Waals surface area contributed by atoms with Gasteiger partial charge in [0.25, 0.3) is 0 Å². The van der Waals surface area contributed by atoms with Crippen molar-refractivity contribution in [2.75, 3.05) is 26.2 Å². The van der Waals surface area contributed by atoms with Crippen LogP contribution in [0.5, 0.6) is 0 Å². The van der Waals surface area contributed by atoms with E-state index in [1.54, 1.807) is 17.0 Å². The van der Waals surface area contributed by atoms with Crippen molar-refractivity contribution in [3.05, 3.63) is 29.8 Å². The first-order valence-electron chi connectivity index (χ1n) is 8.13. The Labute approximate surface area is 143 Å². The van der Waals surface area contributed by atoms with Crippen molar-refractivity contribution in [1.29, 1.82) is 5.26 Å². The summed E-state index contributed by atoms with van der Waals surface area (Å²) in [4.78, 5) is 14.0. The summed E-state index contributed by atoms with van der Waals surface area (Å²) < 4.78 is 27.1. The lowest BCUT2D eigenvalue weighted by Crippen LogP contribution is -2.37.